The highest BCUT2D eigenvalue weighted by Gasteiger charge is 2.23. The van der Waals surface area contributed by atoms with Gasteiger partial charge in [0.25, 0.3) is 0 Å². The summed E-state index contributed by atoms with van der Waals surface area (Å²) in [6.07, 6.45) is 1.83. The summed E-state index contributed by atoms with van der Waals surface area (Å²) in [5, 5.41) is 3.14. The Labute approximate surface area is 107 Å². The second kappa shape index (κ2) is 4.47. The molecule has 0 saturated carbocycles. The number of aromatic amines is 2. The Hall–Kier alpha value is -2.21. The summed E-state index contributed by atoms with van der Waals surface area (Å²) in [4.78, 5) is 39.6. The fraction of sp³-hybridized carbons (Fsp3) is 0.308. The van der Waals surface area contributed by atoms with Gasteiger partial charge in [-0.05, 0) is 37.6 Å². The second-order valence-electron chi connectivity index (χ2n) is 4.68. The Balaban J connectivity index is 2.06. The molecule has 2 heterocycles. The highest BCUT2D eigenvalue weighted by Crippen LogP contribution is 2.15. The summed E-state index contributed by atoms with van der Waals surface area (Å²) in [6, 6.07) is 4.76. The maximum absolute atomic E-state index is 12.2. The van der Waals surface area contributed by atoms with Crippen LogP contribution < -0.4 is 16.4 Å². The van der Waals surface area contributed by atoms with Crippen LogP contribution >= 0.6 is 0 Å². The molecule has 1 aromatic heterocycles. The molecule has 3 rings (SSSR count). The van der Waals surface area contributed by atoms with Crippen molar-refractivity contribution in [2.45, 2.75) is 18.9 Å². The maximum atomic E-state index is 12.2. The smallest absolute Gasteiger partial charge is 0.314 e. The van der Waals surface area contributed by atoms with Gasteiger partial charge in [0, 0.05) is 5.56 Å². The number of hydrogen-bond donors (Lipinski definition) is 3. The molecule has 0 aliphatic carbocycles. The molecule has 0 amide bonds. The van der Waals surface area contributed by atoms with Gasteiger partial charge < -0.3 is 15.3 Å². The summed E-state index contributed by atoms with van der Waals surface area (Å²) in [6.45, 7) is 0.855. The van der Waals surface area contributed by atoms with Crippen LogP contribution in [0.5, 0.6) is 0 Å². The van der Waals surface area contributed by atoms with E-state index < -0.39 is 11.1 Å². The van der Waals surface area contributed by atoms with E-state index in [1.807, 2.05) is 0 Å². The van der Waals surface area contributed by atoms with Crippen LogP contribution in [0.2, 0.25) is 0 Å². The van der Waals surface area contributed by atoms with E-state index in [-0.39, 0.29) is 11.8 Å². The summed E-state index contributed by atoms with van der Waals surface area (Å²) < 4.78 is 0. The molecule has 2 aromatic rings. The molecule has 1 fully saturated rings. The minimum atomic E-state index is -0.712. The van der Waals surface area contributed by atoms with Gasteiger partial charge >= 0.3 is 11.1 Å². The van der Waals surface area contributed by atoms with Crippen molar-refractivity contribution >= 4 is 16.8 Å². The molecule has 98 valence electrons. The third-order valence-corrected chi connectivity index (χ3v) is 3.38. The Morgan fingerprint density at radius 1 is 1.11 bits per heavy atom. The van der Waals surface area contributed by atoms with Gasteiger partial charge in [-0.1, -0.05) is 0 Å². The number of hydrogen-bond acceptors (Lipinski definition) is 4. The molecule has 6 heteroatoms. The SMILES string of the molecule is O=C(c1ccc2[nH]c(=O)c(=O)[nH]c2c1)C1CCCN1. The number of aromatic nitrogens is 2. The number of rotatable bonds is 2. The van der Waals surface area contributed by atoms with Crippen LogP contribution in [-0.4, -0.2) is 28.3 Å². The summed E-state index contributed by atoms with van der Waals surface area (Å²) in [7, 11) is 0. The predicted molar refractivity (Wildman–Crippen MR) is 70.5 cm³/mol. The maximum Gasteiger partial charge on any atom is 0.314 e. The average Bonchev–Trinajstić information content (AvgIpc) is 2.93. The van der Waals surface area contributed by atoms with Crippen LogP contribution in [0.1, 0.15) is 23.2 Å². The molecule has 1 aromatic carbocycles. The first-order valence-electron chi connectivity index (χ1n) is 6.19. The lowest BCUT2D eigenvalue weighted by atomic mass is 10.0. The molecule has 1 saturated heterocycles. The normalized spacial score (nSPS) is 18.8. The molecular weight excluding hydrogens is 246 g/mol. The van der Waals surface area contributed by atoms with Crippen LogP contribution in [0.4, 0.5) is 0 Å². The fourth-order valence-corrected chi connectivity index (χ4v) is 2.38. The number of H-pyrrole nitrogens is 2. The van der Waals surface area contributed by atoms with E-state index in [2.05, 4.69) is 15.3 Å². The fourth-order valence-electron chi connectivity index (χ4n) is 2.38. The first-order valence-corrected chi connectivity index (χ1v) is 6.19. The van der Waals surface area contributed by atoms with Gasteiger partial charge in [0.1, 0.15) is 0 Å². The molecule has 0 spiro atoms. The number of carbonyl (C=O) groups is 1. The molecule has 0 bridgehead atoms. The molecule has 1 aliphatic heterocycles. The van der Waals surface area contributed by atoms with Crippen molar-refractivity contribution in [3.8, 4) is 0 Å². The van der Waals surface area contributed by atoms with E-state index >= 15 is 0 Å². The zero-order valence-corrected chi connectivity index (χ0v) is 10.2. The topological polar surface area (TPSA) is 94.8 Å². The zero-order valence-electron chi connectivity index (χ0n) is 10.2. The Bertz CT molecular complexity index is 754. The largest absolute Gasteiger partial charge is 0.316 e. The van der Waals surface area contributed by atoms with E-state index in [4.69, 9.17) is 0 Å². The van der Waals surface area contributed by atoms with Gasteiger partial charge in [0.05, 0.1) is 17.1 Å². The lowest BCUT2D eigenvalue weighted by molar-refractivity contribution is 0.0952. The molecule has 1 aliphatic rings. The van der Waals surface area contributed by atoms with Gasteiger partial charge in [0.15, 0.2) is 5.78 Å². The van der Waals surface area contributed by atoms with Crippen molar-refractivity contribution in [1.29, 1.82) is 0 Å². The van der Waals surface area contributed by atoms with Crippen molar-refractivity contribution < 1.29 is 4.79 Å². The number of ketones is 1. The van der Waals surface area contributed by atoms with Crippen molar-refractivity contribution in [3.05, 3.63) is 44.5 Å². The highest BCUT2D eigenvalue weighted by atomic mass is 16.2. The third-order valence-electron chi connectivity index (χ3n) is 3.38. The van der Waals surface area contributed by atoms with Gasteiger partial charge in [-0.3, -0.25) is 14.4 Å². The predicted octanol–water partition coefficient (Wildman–Crippen LogP) is 0.151. The Morgan fingerprint density at radius 3 is 2.53 bits per heavy atom. The van der Waals surface area contributed by atoms with Crippen LogP contribution in [0, 0.1) is 0 Å². The molecule has 19 heavy (non-hydrogen) atoms. The average molecular weight is 259 g/mol. The minimum Gasteiger partial charge on any atom is -0.316 e. The monoisotopic (exact) mass is 259 g/mol. The standard InChI is InChI=1S/C13H13N3O3/c17-11(9-2-1-5-14-9)7-3-4-8-10(6-7)16-13(19)12(18)15-8/h3-4,6,9,14H,1-2,5H2,(H,15,18)(H,16,19). The van der Waals surface area contributed by atoms with Crippen LogP contribution in [0.15, 0.2) is 27.8 Å². The molecular formula is C13H13N3O3. The number of nitrogens with one attached hydrogen (secondary N) is 3. The molecule has 1 unspecified atom stereocenters. The van der Waals surface area contributed by atoms with Gasteiger partial charge in [-0.2, -0.15) is 0 Å². The molecule has 6 nitrogen and oxygen atoms in total. The van der Waals surface area contributed by atoms with Gasteiger partial charge in [-0.15, -0.1) is 0 Å². The third kappa shape index (κ3) is 2.10. The number of Topliss-reactive ketones (excluding diaryl/α,β-unsaturated/α-hetero) is 1. The van der Waals surface area contributed by atoms with Crippen LogP contribution in [0.25, 0.3) is 11.0 Å². The molecule has 3 N–H and O–H groups in total. The van der Waals surface area contributed by atoms with Crippen molar-refractivity contribution in [3.63, 3.8) is 0 Å². The summed E-state index contributed by atoms with van der Waals surface area (Å²) >= 11 is 0. The van der Waals surface area contributed by atoms with Crippen molar-refractivity contribution in [2.75, 3.05) is 6.54 Å². The lowest BCUT2D eigenvalue weighted by Gasteiger charge is -2.09. The summed E-state index contributed by atoms with van der Waals surface area (Å²) in [5.74, 6) is 0.0199. The van der Waals surface area contributed by atoms with Gasteiger partial charge in [-0.25, -0.2) is 0 Å². The summed E-state index contributed by atoms with van der Waals surface area (Å²) in [5.41, 5.74) is 0.115. The van der Waals surface area contributed by atoms with E-state index in [0.29, 0.717) is 16.6 Å². The van der Waals surface area contributed by atoms with E-state index in [1.54, 1.807) is 18.2 Å². The first kappa shape index (κ1) is 11.9. The van der Waals surface area contributed by atoms with Crippen molar-refractivity contribution in [1.82, 2.24) is 15.3 Å². The lowest BCUT2D eigenvalue weighted by Crippen LogP contribution is -2.31. The Morgan fingerprint density at radius 2 is 1.84 bits per heavy atom. The first-order chi connectivity index (χ1) is 9.15. The van der Waals surface area contributed by atoms with E-state index in [9.17, 15) is 14.4 Å². The minimum absolute atomic E-state index is 0.0199. The molecule has 1 atom stereocenters. The second-order valence-corrected chi connectivity index (χ2v) is 4.68. The molecule has 0 radical (unpaired) electrons. The van der Waals surface area contributed by atoms with Crippen LogP contribution in [-0.2, 0) is 0 Å². The highest BCUT2D eigenvalue weighted by molar-refractivity contribution is 6.02. The van der Waals surface area contributed by atoms with Crippen LogP contribution in [0.3, 0.4) is 0 Å². The van der Waals surface area contributed by atoms with Crippen molar-refractivity contribution in [2.24, 2.45) is 0 Å². The van der Waals surface area contributed by atoms with E-state index in [0.717, 1.165) is 19.4 Å². The number of benzene rings is 1. The van der Waals surface area contributed by atoms with Gasteiger partial charge in [0.2, 0.25) is 0 Å². The zero-order chi connectivity index (χ0) is 13.4. The number of fused-ring (bicyclic) bond motifs is 1. The quantitative estimate of drug-likeness (QED) is 0.528. The van der Waals surface area contributed by atoms with E-state index in [1.165, 1.54) is 0 Å². The number of carbonyl (C=O) groups excluding carboxylic acids is 1. The Kier molecular flexibility index (Phi) is 2.79.